The maximum absolute atomic E-state index is 13.0. The number of esters is 2. The fraction of sp³-hybridized carbons (Fsp3) is 0.824. The molecule has 0 rings (SSSR count). The lowest BCUT2D eigenvalue weighted by Gasteiger charge is -2.33. The van der Waals surface area contributed by atoms with Gasteiger partial charge in [-0.05, 0) is 50.9 Å². The van der Waals surface area contributed by atoms with Crippen LogP contribution in [0.4, 0.5) is 0 Å². The summed E-state index contributed by atoms with van der Waals surface area (Å²) in [5.74, 6) is -11.8. The van der Waals surface area contributed by atoms with E-state index in [4.69, 9.17) is 25.4 Å². The minimum Gasteiger partial charge on any atom is -0.481 e. The maximum atomic E-state index is 13.0. The number of carboxylic acid groups (broad SMARTS) is 4. The van der Waals surface area contributed by atoms with Crippen molar-refractivity contribution in [1.82, 2.24) is 0 Å². The number of carbonyl (C=O) groups excluding carboxylic acids is 2. The molecule has 49 heavy (non-hydrogen) atoms. The number of aliphatic hydroxyl groups excluding tert-OH is 2. The number of aliphatic hydroxyl groups is 2. The second-order valence-electron chi connectivity index (χ2n) is 13.4. The number of aliphatic carboxylic acids is 4. The van der Waals surface area contributed by atoms with Gasteiger partial charge < -0.3 is 45.8 Å². The fourth-order valence-corrected chi connectivity index (χ4v) is 5.66. The molecule has 0 bridgehead atoms. The molecule has 0 heterocycles. The lowest BCUT2D eigenvalue weighted by atomic mass is 10.8. The predicted octanol–water partition coefficient (Wildman–Crippen LogP) is 3.59. The van der Waals surface area contributed by atoms with Gasteiger partial charge in [-0.15, -0.1) is 0 Å². The first-order valence-corrected chi connectivity index (χ1v) is 17.3. The highest BCUT2D eigenvalue weighted by Gasteiger charge is 2.37. The lowest BCUT2D eigenvalue weighted by Crippen LogP contribution is -2.42. The van der Waals surface area contributed by atoms with E-state index in [0.29, 0.717) is 25.7 Å². The van der Waals surface area contributed by atoms with E-state index in [-0.39, 0.29) is 24.8 Å². The molecule has 0 aromatic rings. The van der Waals surface area contributed by atoms with E-state index >= 15 is 0 Å². The van der Waals surface area contributed by atoms with Crippen molar-refractivity contribution in [3.8, 4) is 0 Å². The third-order valence-corrected chi connectivity index (χ3v) is 8.56. The molecular formula is C34H59NO14. The van der Waals surface area contributed by atoms with E-state index in [1.165, 1.54) is 0 Å². The normalized spacial score (nSPS) is 17.0. The molecular weight excluding hydrogens is 680 g/mol. The maximum Gasteiger partial charge on any atom is 0.307 e. The molecule has 15 nitrogen and oxygen atoms in total. The summed E-state index contributed by atoms with van der Waals surface area (Å²) in [7, 11) is 0. The number of carboxylic acids is 4. The third-order valence-electron chi connectivity index (χ3n) is 8.56. The number of ether oxygens (including phenoxy) is 2. The van der Waals surface area contributed by atoms with Crippen LogP contribution >= 0.6 is 0 Å². The summed E-state index contributed by atoms with van der Waals surface area (Å²) >= 11 is 0. The van der Waals surface area contributed by atoms with Gasteiger partial charge in [0.25, 0.3) is 0 Å². The van der Waals surface area contributed by atoms with Crippen molar-refractivity contribution in [1.29, 1.82) is 0 Å². The number of hydrogen-bond donors (Lipinski definition) is 7. The number of carbonyl (C=O) groups is 6. The van der Waals surface area contributed by atoms with Crippen LogP contribution in [-0.4, -0.2) is 96.9 Å². The molecule has 0 aromatic carbocycles. The number of rotatable bonds is 29. The van der Waals surface area contributed by atoms with Crippen LogP contribution in [0, 0.1) is 23.7 Å². The summed E-state index contributed by atoms with van der Waals surface area (Å²) in [6, 6.07) is -0.300. The Morgan fingerprint density at radius 3 is 1.57 bits per heavy atom. The first kappa shape index (κ1) is 45.7. The molecule has 15 heteroatoms. The van der Waals surface area contributed by atoms with Crippen LogP contribution in [0.1, 0.15) is 124 Å². The van der Waals surface area contributed by atoms with E-state index in [2.05, 4.69) is 0 Å². The van der Waals surface area contributed by atoms with Crippen molar-refractivity contribution in [3.05, 3.63) is 0 Å². The highest BCUT2D eigenvalue weighted by Crippen LogP contribution is 2.29. The van der Waals surface area contributed by atoms with Crippen molar-refractivity contribution in [2.75, 3.05) is 0 Å². The topological polar surface area (TPSA) is 268 Å². The molecule has 0 radical (unpaired) electrons. The Bertz CT molecular complexity index is 1030. The zero-order valence-corrected chi connectivity index (χ0v) is 29.3. The standard InChI is InChI=1S/C34H59NO14/c1-5-6-11-21(3)32(49-31(43)19-24(34(46)47)17-29(40)41)27(48-30(42)18-23(33(44)45)16-28(38)39)15-20(2)14-25(36)12-9-7-8-10-13-26(37)22(4)35/h20-27,32,36-37H,5-19,35H2,1-4H3,(H,38,39)(H,40,41)(H,44,45)(H,46,47)/t20-,21+,22+,23?,24?,25+,26-,27-,32-/m1/s1/i1+1,2+1,3+1,4+1,5+1,6+1,7+1,8+1,9+1,10+1,11+1,12+1,13+1,14+1,15+1,16+1,17+1,18+1,19+1,20+1,21+1,22+1,23+1,24+1,25+1,26+1,27+1,28+1,29+1,30+1,31+1,32+1,33+1,34+1. The quantitative estimate of drug-likeness (QED) is 0.0328. The van der Waals surface area contributed by atoms with Gasteiger partial charge in [-0.2, -0.15) is 0 Å². The smallest absolute Gasteiger partial charge is 0.307 e. The lowest BCUT2D eigenvalue weighted by molar-refractivity contribution is -0.177. The van der Waals surface area contributed by atoms with Gasteiger partial charge in [0, 0.05) is 6.04 Å². The van der Waals surface area contributed by atoms with Gasteiger partial charge >= 0.3 is 35.8 Å². The van der Waals surface area contributed by atoms with Crippen LogP contribution < -0.4 is 5.73 Å². The van der Waals surface area contributed by atoms with Gasteiger partial charge in [-0.25, -0.2) is 0 Å². The van der Waals surface area contributed by atoms with Crippen LogP contribution in [0.5, 0.6) is 0 Å². The van der Waals surface area contributed by atoms with Gasteiger partial charge in [0.15, 0.2) is 0 Å². The van der Waals surface area contributed by atoms with Crippen LogP contribution in [0.15, 0.2) is 0 Å². The molecule has 0 amide bonds. The molecule has 8 N–H and O–H groups in total. The van der Waals surface area contributed by atoms with E-state index in [0.717, 1.165) is 32.1 Å². The summed E-state index contributed by atoms with van der Waals surface area (Å²) in [4.78, 5) is 71.6. The Kier molecular flexibility index (Phi) is 23.1. The molecule has 0 saturated heterocycles. The number of hydrogen-bond acceptors (Lipinski definition) is 11. The zero-order chi connectivity index (χ0) is 37.7. The van der Waals surface area contributed by atoms with Gasteiger partial charge in [0.2, 0.25) is 0 Å². The Morgan fingerprint density at radius 2 is 1.12 bits per heavy atom. The molecule has 2 unspecified atom stereocenters. The summed E-state index contributed by atoms with van der Waals surface area (Å²) < 4.78 is 11.4. The SMILES string of the molecule is [13CH3][13CH2][13CH2][13CH2][13C@H]([13CH3])[13C@@H](O[13C](=O)[13CH2][13CH]([13CH2][13C](=O)O)[13C](=O)O)[13C@@H]([13CH2][13C@H]([13CH3])[13CH2][13C@@H](O)[13CH2][13CH2][13CH2][13CH2][13CH2][13CH2][13C@@H](O)[13C@H]([13CH3])N)O[13C](=O)[13CH2][13CH]([13CH2][13C](=O)O)[13C](=O)O. The highest BCUT2D eigenvalue weighted by atomic mass is 16.8. The van der Waals surface area contributed by atoms with Gasteiger partial charge in [0.05, 0.1) is 49.7 Å². The first-order chi connectivity index (χ1) is 22.9. The molecule has 284 valence electrons. The second kappa shape index (κ2) is 24.8. The van der Waals surface area contributed by atoms with E-state index in [9.17, 15) is 49.2 Å². The Morgan fingerprint density at radius 1 is 0.633 bits per heavy atom. The molecule has 0 saturated carbocycles. The summed E-state index contributed by atoms with van der Waals surface area (Å²) in [5, 5.41) is 57.6. The van der Waals surface area contributed by atoms with E-state index in [1.807, 2.05) is 6.92 Å². The van der Waals surface area contributed by atoms with Gasteiger partial charge in [0.1, 0.15) is 12.2 Å². The Hall–Kier alpha value is -3.30. The number of unbranched alkanes of at least 4 members (excludes halogenated alkanes) is 4. The van der Waals surface area contributed by atoms with Gasteiger partial charge in [-0.1, -0.05) is 59.3 Å². The molecule has 0 aliphatic carbocycles. The molecule has 0 aliphatic rings. The van der Waals surface area contributed by atoms with Crippen LogP contribution in [0.3, 0.4) is 0 Å². The minimum atomic E-state index is -1.57. The third kappa shape index (κ3) is 21.4. The summed E-state index contributed by atoms with van der Waals surface area (Å²) in [6.45, 7) is 7.23. The van der Waals surface area contributed by atoms with Crippen LogP contribution in [-0.2, 0) is 38.2 Å². The van der Waals surface area contributed by atoms with Crippen molar-refractivity contribution in [2.45, 2.75) is 154 Å². The molecule has 9 atom stereocenters. The van der Waals surface area contributed by atoms with E-state index in [1.54, 1.807) is 20.8 Å². The van der Waals surface area contributed by atoms with Crippen molar-refractivity contribution < 1.29 is 68.9 Å². The summed E-state index contributed by atoms with van der Waals surface area (Å²) in [6.07, 6.45) is -0.0465. The average Bonchev–Trinajstić information content (AvgIpc) is 2.98. The number of nitrogens with two attached hydrogens (primary N) is 1. The molecule has 0 aromatic heterocycles. The van der Waals surface area contributed by atoms with Crippen molar-refractivity contribution in [2.24, 2.45) is 29.4 Å². The van der Waals surface area contributed by atoms with Crippen LogP contribution in [0.25, 0.3) is 0 Å². The van der Waals surface area contributed by atoms with Crippen molar-refractivity contribution >= 4 is 35.8 Å². The van der Waals surface area contributed by atoms with E-state index < -0.39 is 104 Å². The Balaban J connectivity index is 5.94. The summed E-state index contributed by atoms with van der Waals surface area (Å²) in [5.41, 5.74) is 5.68. The van der Waals surface area contributed by atoms with Crippen LogP contribution in [0.2, 0.25) is 0 Å². The minimum absolute atomic E-state index is 0.0700. The van der Waals surface area contributed by atoms with Gasteiger partial charge in [-0.3, -0.25) is 28.8 Å². The molecule has 0 fully saturated rings. The second-order valence-corrected chi connectivity index (χ2v) is 13.4. The predicted molar refractivity (Wildman–Crippen MR) is 176 cm³/mol. The monoisotopic (exact) mass is 740 g/mol. The fourth-order valence-electron chi connectivity index (χ4n) is 5.66. The molecule has 0 aliphatic heterocycles. The van der Waals surface area contributed by atoms with Crippen molar-refractivity contribution in [3.63, 3.8) is 0 Å². The zero-order valence-electron chi connectivity index (χ0n) is 29.3. The Labute approximate surface area is 288 Å². The first-order valence-electron chi connectivity index (χ1n) is 17.3. The highest BCUT2D eigenvalue weighted by molar-refractivity contribution is 5.83. The molecule has 0 spiro atoms. The largest absolute Gasteiger partial charge is 0.481 e. The average molecular weight is 740 g/mol.